The minimum atomic E-state index is -0.849. The van der Waals surface area contributed by atoms with E-state index in [0.717, 1.165) is 25.1 Å². The molecule has 0 aliphatic heterocycles. The molecule has 0 saturated heterocycles. The van der Waals surface area contributed by atoms with E-state index in [1.54, 1.807) is 13.0 Å². The number of hydrogen-bond donors (Lipinski definition) is 1. The molecule has 0 heterocycles. The fourth-order valence-corrected chi connectivity index (χ4v) is 1.65. The Labute approximate surface area is 109 Å². The smallest absolute Gasteiger partial charge is 0.331 e. The van der Waals surface area contributed by atoms with Crippen LogP contribution in [0.15, 0.2) is 42.0 Å². The van der Waals surface area contributed by atoms with E-state index in [0.29, 0.717) is 12.1 Å². The van der Waals surface area contributed by atoms with Crippen LogP contribution in [0.2, 0.25) is 0 Å². The Morgan fingerprint density at radius 1 is 1.33 bits per heavy atom. The number of benzene rings is 1. The van der Waals surface area contributed by atoms with Crippen LogP contribution in [0.5, 0.6) is 0 Å². The summed E-state index contributed by atoms with van der Waals surface area (Å²) in [6.07, 6.45) is 4.00. The number of carboxylic acid groups (broad SMARTS) is 1. The average molecular weight is 247 g/mol. The molecule has 3 heteroatoms. The van der Waals surface area contributed by atoms with Crippen LogP contribution < -0.4 is 4.90 Å². The topological polar surface area (TPSA) is 40.5 Å². The van der Waals surface area contributed by atoms with Gasteiger partial charge in [0.1, 0.15) is 0 Å². The number of aliphatic carboxylic acids is 1. The molecule has 0 spiro atoms. The first-order valence-corrected chi connectivity index (χ1v) is 6.35. The summed E-state index contributed by atoms with van der Waals surface area (Å²) < 4.78 is 0. The van der Waals surface area contributed by atoms with E-state index in [9.17, 15) is 4.79 Å². The highest BCUT2D eigenvalue weighted by molar-refractivity contribution is 5.85. The maximum absolute atomic E-state index is 10.8. The number of hydrogen-bond acceptors (Lipinski definition) is 2. The number of carboxylic acids is 1. The van der Waals surface area contributed by atoms with Gasteiger partial charge in [0.25, 0.3) is 0 Å². The second-order valence-electron chi connectivity index (χ2n) is 4.33. The van der Waals surface area contributed by atoms with Crippen LogP contribution >= 0.6 is 0 Å². The van der Waals surface area contributed by atoms with Crippen molar-refractivity contribution in [3.05, 3.63) is 42.0 Å². The molecule has 1 rings (SSSR count). The molecule has 0 aromatic heterocycles. The van der Waals surface area contributed by atoms with Crippen LogP contribution in [0.25, 0.3) is 0 Å². The number of rotatable bonds is 7. The van der Waals surface area contributed by atoms with Crippen molar-refractivity contribution in [3.8, 4) is 0 Å². The molecule has 1 N–H and O–H groups in total. The third kappa shape index (κ3) is 4.62. The molecule has 3 nitrogen and oxygen atoms in total. The fraction of sp³-hybridized carbons (Fsp3) is 0.400. The summed E-state index contributed by atoms with van der Waals surface area (Å²) in [5, 5.41) is 8.85. The molecule has 0 atom stereocenters. The Morgan fingerprint density at radius 3 is 2.56 bits per heavy atom. The van der Waals surface area contributed by atoms with Gasteiger partial charge in [-0.05, 0) is 25.5 Å². The standard InChI is InChI=1S/C15H21NO2/c1-3-4-11-16(12-10-13(2)15(17)18)14-8-6-5-7-9-14/h5-10H,3-4,11-12H2,1-2H3,(H,17,18). The molecule has 0 radical (unpaired) electrons. The number of anilines is 1. The van der Waals surface area contributed by atoms with Crippen molar-refractivity contribution in [2.75, 3.05) is 18.0 Å². The molecule has 1 aromatic carbocycles. The van der Waals surface area contributed by atoms with Gasteiger partial charge in [-0.2, -0.15) is 0 Å². The monoisotopic (exact) mass is 247 g/mol. The molecular weight excluding hydrogens is 226 g/mol. The minimum Gasteiger partial charge on any atom is -0.478 e. The van der Waals surface area contributed by atoms with Crippen LogP contribution in [-0.2, 0) is 4.79 Å². The van der Waals surface area contributed by atoms with Crippen LogP contribution in [-0.4, -0.2) is 24.2 Å². The van der Waals surface area contributed by atoms with E-state index in [1.165, 1.54) is 0 Å². The van der Waals surface area contributed by atoms with Crippen molar-refractivity contribution in [2.45, 2.75) is 26.7 Å². The van der Waals surface area contributed by atoms with Gasteiger partial charge in [-0.25, -0.2) is 4.79 Å². The van der Waals surface area contributed by atoms with E-state index in [4.69, 9.17) is 5.11 Å². The molecule has 0 amide bonds. The number of carbonyl (C=O) groups is 1. The lowest BCUT2D eigenvalue weighted by Gasteiger charge is -2.23. The maximum atomic E-state index is 10.8. The van der Waals surface area contributed by atoms with E-state index in [1.807, 2.05) is 18.2 Å². The lowest BCUT2D eigenvalue weighted by molar-refractivity contribution is -0.132. The highest BCUT2D eigenvalue weighted by Crippen LogP contribution is 2.14. The van der Waals surface area contributed by atoms with Gasteiger partial charge >= 0.3 is 5.97 Å². The van der Waals surface area contributed by atoms with Gasteiger partial charge in [-0.1, -0.05) is 37.6 Å². The molecular formula is C15H21NO2. The van der Waals surface area contributed by atoms with Crippen LogP contribution in [0.1, 0.15) is 26.7 Å². The Hall–Kier alpha value is -1.77. The first kappa shape index (κ1) is 14.3. The van der Waals surface area contributed by atoms with Crippen molar-refractivity contribution in [3.63, 3.8) is 0 Å². The Bertz CT molecular complexity index is 398. The highest BCUT2D eigenvalue weighted by Gasteiger charge is 2.05. The Balaban J connectivity index is 2.73. The summed E-state index contributed by atoms with van der Waals surface area (Å²) in [6.45, 7) is 5.37. The van der Waals surface area contributed by atoms with Gasteiger partial charge in [0.15, 0.2) is 0 Å². The molecule has 0 saturated carbocycles. The normalized spacial score (nSPS) is 11.3. The van der Waals surface area contributed by atoms with Crippen LogP contribution in [0.3, 0.4) is 0 Å². The summed E-state index contributed by atoms with van der Waals surface area (Å²) in [6, 6.07) is 10.1. The molecule has 0 unspecified atom stereocenters. The number of nitrogens with zero attached hydrogens (tertiary/aromatic N) is 1. The lowest BCUT2D eigenvalue weighted by atomic mass is 10.2. The number of para-hydroxylation sites is 1. The third-order valence-electron chi connectivity index (χ3n) is 2.86. The summed E-state index contributed by atoms with van der Waals surface area (Å²) in [7, 11) is 0. The molecule has 0 fully saturated rings. The molecule has 0 aliphatic carbocycles. The Morgan fingerprint density at radius 2 is 2.00 bits per heavy atom. The second-order valence-corrected chi connectivity index (χ2v) is 4.33. The van der Waals surface area contributed by atoms with Gasteiger partial charge in [0.2, 0.25) is 0 Å². The van der Waals surface area contributed by atoms with Crippen molar-refractivity contribution in [1.82, 2.24) is 0 Å². The SMILES string of the molecule is CCCCN(CC=C(C)C(=O)O)c1ccccc1. The molecule has 1 aromatic rings. The summed E-state index contributed by atoms with van der Waals surface area (Å²) >= 11 is 0. The maximum Gasteiger partial charge on any atom is 0.331 e. The molecule has 0 aliphatic rings. The lowest BCUT2D eigenvalue weighted by Crippen LogP contribution is -2.24. The van der Waals surface area contributed by atoms with E-state index in [-0.39, 0.29) is 0 Å². The van der Waals surface area contributed by atoms with Crippen molar-refractivity contribution < 1.29 is 9.90 Å². The van der Waals surface area contributed by atoms with Crippen LogP contribution in [0, 0.1) is 0 Å². The predicted molar refractivity (Wildman–Crippen MR) is 75.0 cm³/mol. The van der Waals surface area contributed by atoms with Crippen molar-refractivity contribution in [1.29, 1.82) is 0 Å². The van der Waals surface area contributed by atoms with Gasteiger partial charge in [0, 0.05) is 24.4 Å². The zero-order chi connectivity index (χ0) is 13.4. The highest BCUT2D eigenvalue weighted by atomic mass is 16.4. The summed E-state index contributed by atoms with van der Waals surface area (Å²) in [4.78, 5) is 13.0. The molecule has 0 bridgehead atoms. The van der Waals surface area contributed by atoms with Gasteiger partial charge in [-0.3, -0.25) is 0 Å². The quantitative estimate of drug-likeness (QED) is 0.751. The second kappa shape index (κ2) is 7.54. The molecule has 98 valence electrons. The number of unbranched alkanes of at least 4 members (excludes halogenated alkanes) is 1. The van der Waals surface area contributed by atoms with Crippen molar-refractivity contribution >= 4 is 11.7 Å². The fourth-order valence-electron chi connectivity index (χ4n) is 1.65. The van der Waals surface area contributed by atoms with E-state index >= 15 is 0 Å². The minimum absolute atomic E-state index is 0.396. The zero-order valence-electron chi connectivity index (χ0n) is 11.1. The zero-order valence-corrected chi connectivity index (χ0v) is 11.1. The molecule has 18 heavy (non-hydrogen) atoms. The van der Waals surface area contributed by atoms with E-state index < -0.39 is 5.97 Å². The largest absolute Gasteiger partial charge is 0.478 e. The van der Waals surface area contributed by atoms with Crippen molar-refractivity contribution in [2.24, 2.45) is 0 Å². The van der Waals surface area contributed by atoms with Gasteiger partial charge in [-0.15, -0.1) is 0 Å². The van der Waals surface area contributed by atoms with E-state index in [2.05, 4.69) is 24.0 Å². The summed E-state index contributed by atoms with van der Waals surface area (Å²) in [5.41, 5.74) is 1.54. The summed E-state index contributed by atoms with van der Waals surface area (Å²) in [5.74, 6) is -0.849. The third-order valence-corrected chi connectivity index (χ3v) is 2.86. The van der Waals surface area contributed by atoms with Gasteiger partial charge < -0.3 is 10.0 Å². The first-order chi connectivity index (χ1) is 8.65. The Kier molecular flexibility index (Phi) is 5.98. The van der Waals surface area contributed by atoms with Gasteiger partial charge in [0.05, 0.1) is 0 Å². The first-order valence-electron chi connectivity index (χ1n) is 6.35. The predicted octanol–water partition coefficient (Wildman–Crippen LogP) is 3.32. The average Bonchev–Trinajstić information content (AvgIpc) is 2.39. The van der Waals surface area contributed by atoms with Crippen LogP contribution in [0.4, 0.5) is 5.69 Å².